The van der Waals surface area contributed by atoms with Gasteiger partial charge in [-0.15, -0.1) is 0 Å². The summed E-state index contributed by atoms with van der Waals surface area (Å²) in [7, 11) is 4.08. The van der Waals surface area contributed by atoms with Gasteiger partial charge >= 0.3 is 6.09 Å². The molecule has 2 saturated heterocycles. The quantitative estimate of drug-likeness (QED) is 0.492. The summed E-state index contributed by atoms with van der Waals surface area (Å²) in [5.41, 5.74) is -0.345. The lowest BCUT2D eigenvalue weighted by Crippen LogP contribution is -2.59. The SMILES string of the molecule is C[C@@H]1CN(c2nc(N3CC(N(C)C)C3)nc3c(F)c(Br)c(Cl)cc23)[C@H](C)CN1C(=O)OC(C)(C)C. The number of anilines is 2. The summed E-state index contributed by atoms with van der Waals surface area (Å²) < 4.78 is 21.1. The number of nitrogens with zero attached hydrogens (tertiary/aromatic N) is 6. The molecular weight excluding hydrogens is 539 g/mol. The minimum absolute atomic E-state index is 0.0823. The largest absolute Gasteiger partial charge is 0.444 e. The van der Waals surface area contributed by atoms with E-state index in [2.05, 4.69) is 35.6 Å². The van der Waals surface area contributed by atoms with E-state index in [-0.39, 0.29) is 33.2 Å². The molecule has 2 atom stereocenters. The van der Waals surface area contributed by atoms with Crippen molar-refractivity contribution in [2.75, 3.05) is 50.1 Å². The first kappa shape index (κ1) is 26.2. The number of hydrogen-bond acceptors (Lipinski definition) is 7. The lowest BCUT2D eigenvalue weighted by molar-refractivity contribution is 0.0130. The third kappa shape index (κ3) is 5.15. The van der Waals surface area contributed by atoms with E-state index in [0.717, 1.165) is 13.1 Å². The lowest BCUT2D eigenvalue weighted by Gasteiger charge is -2.46. The monoisotopic (exact) mass is 570 g/mol. The molecule has 8 nitrogen and oxygen atoms in total. The highest BCUT2D eigenvalue weighted by Gasteiger charge is 2.37. The van der Waals surface area contributed by atoms with Crippen LogP contribution < -0.4 is 9.80 Å². The first-order chi connectivity index (χ1) is 16.3. The Morgan fingerprint density at radius 1 is 1.17 bits per heavy atom. The lowest BCUT2D eigenvalue weighted by atomic mass is 10.1. The van der Waals surface area contributed by atoms with Crippen LogP contribution in [-0.2, 0) is 4.74 Å². The second-order valence-corrected chi connectivity index (χ2v) is 11.9. The molecule has 0 spiro atoms. The van der Waals surface area contributed by atoms with Gasteiger partial charge < -0.3 is 24.3 Å². The molecule has 2 fully saturated rings. The number of hydrogen-bond donors (Lipinski definition) is 0. The Morgan fingerprint density at radius 3 is 2.43 bits per heavy atom. The number of rotatable bonds is 3. The summed E-state index contributed by atoms with van der Waals surface area (Å²) in [4.78, 5) is 30.4. The van der Waals surface area contributed by atoms with Crippen molar-refractivity contribution in [1.29, 1.82) is 0 Å². The normalized spacial score (nSPS) is 21.6. The Bertz CT molecular complexity index is 1140. The van der Waals surface area contributed by atoms with Crippen LogP contribution in [0.3, 0.4) is 0 Å². The Hall–Kier alpha value is -1.91. The van der Waals surface area contributed by atoms with Crippen LogP contribution in [0, 0.1) is 5.82 Å². The highest BCUT2D eigenvalue weighted by atomic mass is 79.9. The molecule has 2 aliphatic rings. The summed E-state index contributed by atoms with van der Waals surface area (Å²) in [5, 5.41) is 0.811. The molecule has 192 valence electrons. The van der Waals surface area contributed by atoms with Gasteiger partial charge in [0.05, 0.1) is 9.50 Å². The highest BCUT2D eigenvalue weighted by Crippen LogP contribution is 2.38. The van der Waals surface area contributed by atoms with Gasteiger partial charge in [0.25, 0.3) is 0 Å². The number of benzene rings is 1. The summed E-state index contributed by atoms with van der Waals surface area (Å²) in [5.74, 6) is 0.609. The van der Waals surface area contributed by atoms with Crippen molar-refractivity contribution >= 4 is 56.3 Å². The van der Waals surface area contributed by atoms with Crippen molar-refractivity contribution in [1.82, 2.24) is 19.8 Å². The van der Waals surface area contributed by atoms with Crippen LogP contribution in [-0.4, -0.2) is 89.9 Å². The number of carbonyl (C=O) groups excluding carboxylic acids is 1. The van der Waals surface area contributed by atoms with Crippen LogP contribution in [0.15, 0.2) is 10.5 Å². The molecule has 0 radical (unpaired) electrons. The van der Waals surface area contributed by atoms with Gasteiger partial charge in [0.2, 0.25) is 5.95 Å². The summed E-state index contributed by atoms with van der Waals surface area (Å²) in [6.45, 7) is 12.1. The standard InChI is InChI=1S/C24H33BrClFN6O2/c1-13-10-33(23(34)35-24(3,4)5)14(2)9-32(13)21-16-8-17(26)18(25)19(27)20(16)28-22(29-21)31-11-15(12-31)30(6)7/h8,13-15H,9-12H2,1-7H3/t13-,14-/m1/s1. The number of halogens is 3. The van der Waals surface area contributed by atoms with Gasteiger partial charge in [0.15, 0.2) is 5.82 Å². The van der Waals surface area contributed by atoms with Gasteiger partial charge in [-0.05, 0) is 70.7 Å². The van der Waals surface area contributed by atoms with Crippen LogP contribution in [0.2, 0.25) is 5.02 Å². The zero-order valence-electron chi connectivity index (χ0n) is 21.3. The third-order valence-corrected chi connectivity index (χ3v) is 7.86. The molecule has 1 aromatic carbocycles. The number of ether oxygens (including phenoxy) is 1. The molecule has 3 heterocycles. The fraction of sp³-hybridized carbons (Fsp3) is 0.625. The van der Waals surface area contributed by atoms with Gasteiger partial charge in [-0.1, -0.05) is 11.6 Å². The van der Waals surface area contributed by atoms with Gasteiger partial charge in [0, 0.05) is 49.7 Å². The predicted octanol–water partition coefficient (Wildman–Crippen LogP) is 4.77. The first-order valence-electron chi connectivity index (χ1n) is 11.8. The van der Waals surface area contributed by atoms with Crippen LogP contribution >= 0.6 is 27.5 Å². The molecular formula is C24H33BrClFN6O2. The molecule has 1 aromatic heterocycles. The minimum atomic E-state index is -0.571. The number of likely N-dealkylation sites (N-methyl/N-ethyl adjacent to an activating group) is 1. The number of piperazine rings is 1. The van der Waals surface area contributed by atoms with Gasteiger partial charge in [0.1, 0.15) is 16.9 Å². The van der Waals surface area contributed by atoms with E-state index in [1.54, 1.807) is 11.0 Å². The Morgan fingerprint density at radius 2 is 1.83 bits per heavy atom. The van der Waals surface area contributed by atoms with Gasteiger partial charge in [-0.25, -0.2) is 14.2 Å². The summed E-state index contributed by atoms with van der Waals surface area (Å²) >= 11 is 9.60. The van der Waals surface area contributed by atoms with Crippen molar-refractivity contribution in [3.05, 3.63) is 21.4 Å². The topological polar surface area (TPSA) is 65.0 Å². The van der Waals surface area contributed by atoms with Crippen LogP contribution in [0.5, 0.6) is 0 Å². The molecule has 4 rings (SSSR count). The predicted molar refractivity (Wildman–Crippen MR) is 141 cm³/mol. The van der Waals surface area contributed by atoms with E-state index < -0.39 is 11.4 Å². The Labute approximate surface area is 219 Å². The van der Waals surface area contributed by atoms with Gasteiger partial charge in [-0.2, -0.15) is 4.98 Å². The van der Waals surface area contributed by atoms with Crippen molar-refractivity contribution in [2.45, 2.75) is 58.3 Å². The summed E-state index contributed by atoms with van der Waals surface area (Å²) in [6, 6.07) is 1.89. The van der Waals surface area contributed by atoms with Crippen LogP contribution in [0.4, 0.5) is 21.0 Å². The van der Waals surface area contributed by atoms with Crippen LogP contribution in [0.25, 0.3) is 10.9 Å². The van der Waals surface area contributed by atoms with Crippen molar-refractivity contribution in [3.8, 4) is 0 Å². The highest BCUT2D eigenvalue weighted by molar-refractivity contribution is 9.10. The molecule has 0 N–H and O–H groups in total. The second kappa shape index (κ2) is 9.52. The molecule has 0 saturated carbocycles. The molecule has 0 unspecified atom stereocenters. The molecule has 0 bridgehead atoms. The number of fused-ring (bicyclic) bond motifs is 1. The second-order valence-electron chi connectivity index (χ2n) is 10.7. The van der Waals surface area contributed by atoms with E-state index in [0.29, 0.717) is 36.3 Å². The number of amides is 1. The average molecular weight is 572 g/mol. The minimum Gasteiger partial charge on any atom is -0.444 e. The van der Waals surface area contributed by atoms with Crippen molar-refractivity contribution in [3.63, 3.8) is 0 Å². The van der Waals surface area contributed by atoms with Gasteiger partial charge in [-0.3, -0.25) is 0 Å². The van der Waals surface area contributed by atoms with Crippen molar-refractivity contribution in [2.24, 2.45) is 0 Å². The number of aromatic nitrogens is 2. The fourth-order valence-electron chi connectivity index (χ4n) is 4.45. The average Bonchev–Trinajstić information content (AvgIpc) is 2.71. The van der Waals surface area contributed by atoms with E-state index in [4.69, 9.17) is 21.3 Å². The van der Waals surface area contributed by atoms with E-state index in [1.165, 1.54) is 0 Å². The smallest absolute Gasteiger partial charge is 0.410 e. The first-order valence-corrected chi connectivity index (χ1v) is 13.0. The van der Waals surface area contributed by atoms with E-state index in [9.17, 15) is 4.79 Å². The van der Waals surface area contributed by atoms with Crippen LogP contribution in [0.1, 0.15) is 34.6 Å². The zero-order chi connectivity index (χ0) is 25.8. The maximum absolute atomic E-state index is 15.3. The fourth-order valence-corrected chi connectivity index (χ4v) is 4.94. The molecule has 2 aliphatic heterocycles. The Balaban J connectivity index is 1.72. The Kier molecular flexibility index (Phi) is 7.11. The van der Waals surface area contributed by atoms with Crippen molar-refractivity contribution < 1.29 is 13.9 Å². The molecule has 35 heavy (non-hydrogen) atoms. The van der Waals surface area contributed by atoms with E-state index in [1.807, 2.05) is 48.7 Å². The third-order valence-electron chi connectivity index (χ3n) is 6.56. The molecule has 1 amide bonds. The maximum Gasteiger partial charge on any atom is 0.410 e. The number of carbonyl (C=O) groups is 1. The summed E-state index contributed by atoms with van der Waals surface area (Å²) in [6.07, 6.45) is -0.335. The zero-order valence-corrected chi connectivity index (χ0v) is 23.6. The molecule has 2 aromatic rings. The molecule has 11 heteroatoms. The van der Waals surface area contributed by atoms with E-state index >= 15 is 4.39 Å². The maximum atomic E-state index is 15.3. The molecule has 0 aliphatic carbocycles.